The lowest BCUT2D eigenvalue weighted by Gasteiger charge is -2.13. The lowest BCUT2D eigenvalue weighted by molar-refractivity contribution is 0.177. The van der Waals surface area contributed by atoms with Gasteiger partial charge in [0.25, 0.3) is 0 Å². The number of rotatable bonds is 7. The lowest BCUT2D eigenvalue weighted by Crippen LogP contribution is -2.31. The summed E-state index contributed by atoms with van der Waals surface area (Å²) >= 11 is 0. The molecule has 0 aliphatic rings. The molecule has 0 heterocycles. The van der Waals surface area contributed by atoms with E-state index in [0.717, 1.165) is 0 Å². The summed E-state index contributed by atoms with van der Waals surface area (Å²) < 4.78 is 39.0. The van der Waals surface area contributed by atoms with Crippen molar-refractivity contribution in [2.24, 2.45) is 5.92 Å². The van der Waals surface area contributed by atoms with Crippen molar-refractivity contribution in [3.63, 3.8) is 0 Å². The summed E-state index contributed by atoms with van der Waals surface area (Å²) in [4.78, 5) is 0. The highest BCUT2D eigenvalue weighted by Gasteiger charge is 2.16. The van der Waals surface area contributed by atoms with Crippen LogP contribution in [0, 0.1) is 11.7 Å². The number of sulfonamides is 1. The number of aliphatic hydroxyl groups excluding tert-OH is 1. The molecule has 1 rings (SSSR count). The van der Waals surface area contributed by atoms with E-state index in [4.69, 9.17) is 0 Å². The van der Waals surface area contributed by atoms with Gasteiger partial charge >= 0.3 is 0 Å². The average molecular weight is 289 g/mol. The molecule has 1 atom stereocenters. The maximum Gasteiger partial charge on any atom is 0.211 e. The van der Waals surface area contributed by atoms with Gasteiger partial charge in [0, 0.05) is 12.1 Å². The first-order chi connectivity index (χ1) is 8.82. The number of hydrogen-bond acceptors (Lipinski definition) is 3. The van der Waals surface area contributed by atoms with Crippen molar-refractivity contribution in [3.05, 3.63) is 35.6 Å². The summed E-state index contributed by atoms with van der Waals surface area (Å²) in [6.07, 6.45) is -0.638. The van der Waals surface area contributed by atoms with Gasteiger partial charge in [-0.2, -0.15) is 0 Å². The predicted octanol–water partition coefficient (Wildman–Crippen LogP) is 1.82. The van der Waals surface area contributed by atoms with Gasteiger partial charge in [0.1, 0.15) is 5.82 Å². The molecular weight excluding hydrogens is 269 g/mol. The van der Waals surface area contributed by atoms with Crippen LogP contribution in [0.25, 0.3) is 0 Å². The van der Waals surface area contributed by atoms with E-state index < -0.39 is 21.9 Å². The summed E-state index contributed by atoms with van der Waals surface area (Å²) in [6.45, 7) is 3.65. The molecule has 6 heteroatoms. The summed E-state index contributed by atoms with van der Waals surface area (Å²) in [5.41, 5.74) is 0.0917. The van der Waals surface area contributed by atoms with Gasteiger partial charge in [-0.15, -0.1) is 0 Å². The zero-order valence-corrected chi connectivity index (χ0v) is 12.0. The van der Waals surface area contributed by atoms with Crippen LogP contribution in [0.2, 0.25) is 0 Å². The molecule has 1 unspecified atom stereocenters. The summed E-state index contributed by atoms with van der Waals surface area (Å²) in [5, 5.41) is 9.78. The highest BCUT2D eigenvalue weighted by atomic mass is 32.2. The van der Waals surface area contributed by atoms with Crippen LogP contribution in [-0.4, -0.2) is 25.8 Å². The quantitative estimate of drug-likeness (QED) is 0.804. The monoisotopic (exact) mass is 289 g/mol. The number of benzene rings is 1. The third-order valence-electron chi connectivity index (χ3n) is 2.72. The summed E-state index contributed by atoms with van der Waals surface area (Å²) in [7, 11) is -3.43. The topological polar surface area (TPSA) is 66.4 Å². The molecule has 0 saturated heterocycles. The van der Waals surface area contributed by atoms with Crippen molar-refractivity contribution < 1.29 is 17.9 Å². The van der Waals surface area contributed by atoms with Crippen LogP contribution in [0.15, 0.2) is 24.3 Å². The van der Waals surface area contributed by atoms with E-state index in [9.17, 15) is 17.9 Å². The molecule has 108 valence electrons. The fraction of sp³-hybridized carbons (Fsp3) is 0.538. The third-order valence-corrected chi connectivity index (χ3v) is 4.10. The second kappa shape index (κ2) is 6.98. The van der Waals surface area contributed by atoms with Crippen LogP contribution >= 0.6 is 0 Å². The van der Waals surface area contributed by atoms with E-state index in [0.29, 0.717) is 6.42 Å². The van der Waals surface area contributed by atoms with Crippen LogP contribution in [-0.2, 0) is 10.0 Å². The lowest BCUT2D eigenvalue weighted by atomic mass is 10.1. The molecule has 1 aromatic carbocycles. The first kappa shape index (κ1) is 16.1. The minimum absolute atomic E-state index is 0.00859. The van der Waals surface area contributed by atoms with Crippen LogP contribution in [0.1, 0.15) is 31.9 Å². The highest BCUT2D eigenvalue weighted by molar-refractivity contribution is 7.89. The van der Waals surface area contributed by atoms with E-state index in [1.54, 1.807) is 6.07 Å². The van der Waals surface area contributed by atoms with E-state index >= 15 is 0 Å². The fourth-order valence-electron chi connectivity index (χ4n) is 1.52. The van der Waals surface area contributed by atoms with E-state index in [1.807, 2.05) is 13.8 Å². The van der Waals surface area contributed by atoms with Crippen LogP contribution in [0.5, 0.6) is 0 Å². The minimum atomic E-state index is -3.43. The molecule has 0 saturated carbocycles. The second-order valence-electron chi connectivity index (χ2n) is 4.89. The van der Waals surface area contributed by atoms with Gasteiger partial charge in [0.2, 0.25) is 10.0 Å². The predicted molar refractivity (Wildman–Crippen MR) is 72.6 cm³/mol. The maximum atomic E-state index is 13.4. The average Bonchev–Trinajstić information content (AvgIpc) is 2.34. The van der Waals surface area contributed by atoms with Crippen molar-refractivity contribution in [2.75, 3.05) is 12.3 Å². The van der Waals surface area contributed by atoms with E-state index in [1.165, 1.54) is 18.2 Å². The summed E-state index contributed by atoms with van der Waals surface area (Å²) in [6, 6.07) is 5.77. The molecular formula is C13H20FNO3S. The molecule has 0 spiro atoms. The highest BCUT2D eigenvalue weighted by Crippen LogP contribution is 2.16. The Morgan fingerprint density at radius 2 is 1.95 bits per heavy atom. The molecule has 0 fully saturated rings. The number of nitrogens with one attached hydrogen (secondary N) is 1. The molecule has 19 heavy (non-hydrogen) atoms. The fourth-order valence-corrected chi connectivity index (χ4v) is 2.86. The Labute approximate surface area is 113 Å². The van der Waals surface area contributed by atoms with Gasteiger partial charge in [0.05, 0.1) is 11.9 Å². The largest absolute Gasteiger partial charge is 0.387 e. The van der Waals surface area contributed by atoms with Crippen molar-refractivity contribution in [1.82, 2.24) is 4.72 Å². The van der Waals surface area contributed by atoms with Crippen molar-refractivity contribution in [1.29, 1.82) is 0 Å². The smallest absolute Gasteiger partial charge is 0.211 e. The number of halogens is 1. The number of hydrogen-bond donors (Lipinski definition) is 2. The van der Waals surface area contributed by atoms with E-state index in [-0.39, 0.29) is 23.8 Å². The standard InChI is InChI=1S/C13H20FNO3S/c1-10(2)7-8-19(17,18)15-9-13(16)11-5-3-4-6-12(11)14/h3-6,10,13,15-16H,7-9H2,1-2H3. The Balaban J connectivity index is 2.55. The maximum absolute atomic E-state index is 13.4. The van der Waals surface area contributed by atoms with Gasteiger partial charge < -0.3 is 5.11 Å². The molecule has 0 radical (unpaired) electrons. The second-order valence-corrected chi connectivity index (χ2v) is 6.81. The van der Waals surface area contributed by atoms with Crippen LogP contribution in [0.4, 0.5) is 4.39 Å². The molecule has 1 aromatic rings. The van der Waals surface area contributed by atoms with Gasteiger partial charge in [0.15, 0.2) is 0 Å². The third kappa shape index (κ3) is 5.67. The summed E-state index contributed by atoms with van der Waals surface area (Å²) in [5.74, 6) is -0.251. The first-order valence-electron chi connectivity index (χ1n) is 6.21. The SMILES string of the molecule is CC(C)CCS(=O)(=O)NCC(O)c1ccccc1F. The van der Waals surface area contributed by atoms with E-state index in [2.05, 4.69) is 4.72 Å². The Kier molecular flexibility index (Phi) is 5.90. The Hall–Kier alpha value is -0.980. The molecule has 0 aliphatic heterocycles. The molecule has 0 bridgehead atoms. The zero-order valence-electron chi connectivity index (χ0n) is 11.1. The zero-order chi connectivity index (χ0) is 14.5. The Morgan fingerprint density at radius 1 is 1.32 bits per heavy atom. The molecule has 2 N–H and O–H groups in total. The molecule has 0 amide bonds. The van der Waals surface area contributed by atoms with Gasteiger partial charge in [-0.05, 0) is 18.4 Å². The number of aliphatic hydroxyl groups is 1. The van der Waals surface area contributed by atoms with Crippen molar-refractivity contribution in [2.45, 2.75) is 26.4 Å². The van der Waals surface area contributed by atoms with Gasteiger partial charge in [-0.25, -0.2) is 17.5 Å². The molecule has 4 nitrogen and oxygen atoms in total. The Bertz CT molecular complexity index is 502. The normalized spacial score (nSPS) is 13.7. The van der Waals surface area contributed by atoms with Gasteiger partial charge in [-0.1, -0.05) is 32.0 Å². The van der Waals surface area contributed by atoms with Crippen molar-refractivity contribution in [3.8, 4) is 0 Å². The van der Waals surface area contributed by atoms with Crippen LogP contribution < -0.4 is 4.72 Å². The minimum Gasteiger partial charge on any atom is -0.387 e. The first-order valence-corrected chi connectivity index (χ1v) is 7.87. The van der Waals surface area contributed by atoms with Crippen LogP contribution in [0.3, 0.4) is 0 Å². The van der Waals surface area contributed by atoms with Gasteiger partial charge in [-0.3, -0.25) is 0 Å². The molecule has 0 aromatic heterocycles. The Morgan fingerprint density at radius 3 is 2.53 bits per heavy atom. The van der Waals surface area contributed by atoms with Crippen molar-refractivity contribution >= 4 is 10.0 Å². The molecule has 0 aliphatic carbocycles.